The summed E-state index contributed by atoms with van der Waals surface area (Å²) in [7, 11) is 0. The number of likely N-dealkylation sites (tertiary alicyclic amines) is 1. The zero-order valence-corrected chi connectivity index (χ0v) is 13.1. The molecule has 0 bridgehead atoms. The van der Waals surface area contributed by atoms with E-state index in [0.717, 1.165) is 13.1 Å². The Bertz CT molecular complexity index is 582. The van der Waals surface area contributed by atoms with Gasteiger partial charge in [0, 0.05) is 50.3 Å². The van der Waals surface area contributed by atoms with Gasteiger partial charge in [-0.1, -0.05) is 19.3 Å². The van der Waals surface area contributed by atoms with Crippen molar-refractivity contribution in [3.63, 3.8) is 0 Å². The van der Waals surface area contributed by atoms with Gasteiger partial charge in [0.25, 0.3) is 0 Å². The zero-order valence-electron chi connectivity index (χ0n) is 13.1. The standard InChI is InChI=1S/C17H25N5/c1-2-4-15(5-3-1)22-14-19-10-17(22)12-20-8-6-16(11-20)21-9-7-18-13-21/h7,9-10,13-16H,1-6,8,11-12H2. The van der Waals surface area contributed by atoms with Crippen LogP contribution in [0.25, 0.3) is 0 Å². The molecule has 2 fully saturated rings. The Morgan fingerprint density at radius 3 is 2.73 bits per heavy atom. The van der Waals surface area contributed by atoms with Crippen molar-refractivity contribution in [2.75, 3.05) is 13.1 Å². The molecular formula is C17H25N5. The summed E-state index contributed by atoms with van der Waals surface area (Å²) < 4.78 is 4.70. The van der Waals surface area contributed by atoms with E-state index in [9.17, 15) is 0 Å². The van der Waals surface area contributed by atoms with Crippen LogP contribution in [0.3, 0.4) is 0 Å². The molecule has 5 nitrogen and oxygen atoms in total. The maximum atomic E-state index is 4.43. The lowest BCUT2D eigenvalue weighted by Crippen LogP contribution is -2.24. The lowest BCUT2D eigenvalue weighted by atomic mass is 9.95. The van der Waals surface area contributed by atoms with Gasteiger partial charge in [0.15, 0.2) is 0 Å². The van der Waals surface area contributed by atoms with Gasteiger partial charge in [0.05, 0.1) is 18.3 Å². The van der Waals surface area contributed by atoms with Crippen molar-refractivity contribution >= 4 is 0 Å². The summed E-state index contributed by atoms with van der Waals surface area (Å²) in [6.07, 6.45) is 18.0. The molecule has 0 amide bonds. The fourth-order valence-electron chi connectivity index (χ4n) is 4.06. The Kier molecular flexibility index (Phi) is 3.97. The van der Waals surface area contributed by atoms with Gasteiger partial charge in [-0.3, -0.25) is 4.90 Å². The van der Waals surface area contributed by atoms with Crippen LogP contribution in [0.15, 0.2) is 31.2 Å². The van der Waals surface area contributed by atoms with E-state index in [1.54, 1.807) is 0 Å². The molecular weight excluding hydrogens is 274 g/mol. The number of imidazole rings is 2. The molecule has 1 aliphatic heterocycles. The molecule has 1 unspecified atom stereocenters. The fraction of sp³-hybridized carbons (Fsp3) is 0.647. The van der Waals surface area contributed by atoms with Gasteiger partial charge in [-0.15, -0.1) is 0 Å². The van der Waals surface area contributed by atoms with Crippen LogP contribution in [-0.2, 0) is 6.54 Å². The Morgan fingerprint density at radius 1 is 1.00 bits per heavy atom. The first-order valence-corrected chi connectivity index (χ1v) is 8.60. The monoisotopic (exact) mass is 299 g/mol. The molecule has 0 spiro atoms. The van der Waals surface area contributed by atoms with Gasteiger partial charge >= 0.3 is 0 Å². The summed E-state index contributed by atoms with van der Waals surface area (Å²) >= 11 is 0. The number of nitrogens with zero attached hydrogens (tertiary/aromatic N) is 5. The first kappa shape index (κ1) is 14.0. The largest absolute Gasteiger partial charge is 0.333 e. The minimum absolute atomic E-state index is 0.577. The maximum absolute atomic E-state index is 4.43. The van der Waals surface area contributed by atoms with Gasteiger partial charge in [-0.25, -0.2) is 9.97 Å². The van der Waals surface area contributed by atoms with Crippen molar-refractivity contribution < 1.29 is 0 Å². The smallest absolute Gasteiger partial charge is 0.0951 e. The predicted octanol–water partition coefficient (Wildman–Crippen LogP) is 3.03. The van der Waals surface area contributed by atoms with Crippen LogP contribution in [0.2, 0.25) is 0 Å². The number of rotatable bonds is 4. The average molecular weight is 299 g/mol. The molecule has 4 rings (SSSR count). The van der Waals surface area contributed by atoms with Crippen LogP contribution < -0.4 is 0 Å². The Balaban J connectivity index is 1.41. The Hall–Kier alpha value is -1.62. The fourth-order valence-corrected chi connectivity index (χ4v) is 4.06. The average Bonchev–Trinajstić information content (AvgIpc) is 3.30. The third-order valence-corrected chi connectivity index (χ3v) is 5.29. The van der Waals surface area contributed by atoms with Crippen LogP contribution in [0, 0.1) is 0 Å². The lowest BCUT2D eigenvalue weighted by Gasteiger charge is -2.26. The molecule has 1 aliphatic carbocycles. The number of hydrogen-bond acceptors (Lipinski definition) is 3. The molecule has 5 heteroatoms. The summed E-state index contributed by atoms with van der Waals surface area (Å²) in [6, 6.07) is 1.26. The highest BCUT2D eigenvalue weighted by Crippen LogP contribution is 2.30. The first-order valence-electron chi connectivity index (χ1n) is 8.60. The molecule has 22 heavy (non-hydrogen) atoms. The molecule has 0 N–H and O–H groups in total. The quantitative estimate of drug-likeness (QED) is 0.871. The van der Waals surface area contributed by atoms with Crippen LogP contribution >= 0.6 is 0 Å². The molecule has 0 radical (unpaired) electrons. The molecule has 2 aliphatic rings. The first-order chi connectivity index (χ1) is 10.9. The van der Waals surface area contributed by atoms with Crippen LogP contribution in [0.4, 0.5) is 0 Å². The summed E-state index contributed by atoms with van der Waals surface area (Å²) in [4.78, 5) is 11.2. The van der Waals surface area contributed by atoms with E-state index in [-0.39, 0.29) is 0 Å². The van der Waals surface area contributed by atoms with Crippen LogP contribution in [0.1, 0.15) is 56.3 Å². The number of aromatic nitrogens is 4. The van der Waals surface area contributed by atoms with E-state index in [4.69, 9.17) is 0 Å². The Morgan fingerprint density at radius 2 is 1.91 bits per heavy atom. The Labute approximate surface area is 132 Å². The minimum Gasteiger partial charge on any atom is -0.333 e. The summed E-state index contributed by atoms with van der Waals surface area (Å²) in [6.45, 7) is 3.31. The van der Waals surface area contributed by atoms with Crippen molar-refractivity contribution in [3.05, 3.63) is 36.9 Å². The van der Waals surface area contributed by atoms with Gasteiger partial charge in [0.2, 0.25) is 0 Å². The van der Waals surface area contributed by atoms with E-state index in [0.29, 0.717) is 12.1 Å². The molecule has 2 aromatic rings. The normalized spacial score (nSPS) is 24.1. The van der Waals surface area contributed by atoms with Gasteiger partial charge in [-0.2, -0.15) is 0 Å². The van der Waals surface area contributed by atoms with E-state index in [2.05, 4.69) is 42.7 Å². The lowest BCUT2D eigenvalue weighted by molar-refractivity contribution is 0.289. The SMILES string of the molecule is c1cn(C2CCN(Cc3cncn3C3CCCCC3)C2)cn1. The number of hydrogen-bond donors (Lipinski definition) is 0. The summed E-state index contributed by atoms with van der Waals surface area (Å²) in [5.41, 5.74) is 1.39. The third kappa shape index (κ3) is 2.82. The topological polar surface area (TPSA) is 38.9 Å². The third-order valence-electron chi connectivity index (χ3n) is 5.29. The molecule has 3 heterocycles. The van der Waals surface area contributed by atoms with Crippen molar-refractivity contribution in [1.82, 2.24) is 24.0 Å². The highest BCUT2D eigenvalue weighted by Gasteiger charge is 2.25. The maximum Gasteiger partial charge on any atom is 0.0951 e. The second kappa shape index (κ2) is 6.24. The van der Waals surface area contributed by atoms with Gasteiger partial charge < -0.3 is 9.13 Å². The summed E-state index contributed by atoms with van der Waals surface area (Å²) in [5.74, 6) is 0. The molecule has 1 saturated heterocycles. The van der Waals surface area contributed by atoms with Crippen molar-refractivity contribution in [2.45, 2.75) is 57.2 Å². The second-order valence-corrected chi connectivity index (χ2v) is 6.77. The van der Waals surface area contributed by atoms with Crippen molar-refractivity contribution in [1.29, 1.82) is 0 Å². The van der Waals surface area contributed by atoms with Crippen LogP contribution in [0.5, 0.6) is 0 Å². The zero-order chi connectivity index (χ0) is 14.8. The van der Waals surface area contributed by atoms with Crippen molar-refractivity contribution in [2.24, 2.45) is 0 Å². The molecule has 1 saturated carbocycles. The predicted molar refractivity (Wildman–Crippen MR) is 85.5 cm³/mol. The second-order valence-electron chi connectivity index (χ2n) is 6.77. The van der Waals surface area contributed by atoms with Gasteiger partial charge in [0.1, 0.15) is 0 Å². The highest BCUT2D eigenvalue weighted by atomic mass is 15.2. The highest BCUT2D eigenvalue weighted by molar-refractivity contribution is 5.02. The van der Waals surface area contributed by atoms with E-state index in [1.165, 1.54) is 50.8 Å². The minimum atomic E-state index is 0.577. The summed E-state index contributed by atoms with van der Waals surface area (Å²) in [5, 5.41) is 0. The van der Waals surface area contributed by atoms with E-state index >= 15 is 0 Å². The molecule has 1 atom stereocenters. The van der Waals surface area contributed by atoms with Crippen molar-refractivity contribution in [3.8, 4) is 0 Å². The molecule has 0 aromatic carbocycles. The van der Waals surface area contributed by atoms with E-state index < -0.39 is 0 Å². The van der Waals surface area contributed by atoms with Crippen LogP contribution in [-0.4, -0.2) is 37.1 Å². The van der Waals surface area contributed by atoms with Gasteiger partial charge in [-0.05, 0) is 19.3 Å². The molecule has 2 aromatic heterocycles. The molecule has 118 valence electrons. The van der Waals surface area contributed by atoms with E-state index in [1.807, 2.05) is 12.5 Å².